The molecule has 1 aliphatic heterocycles. The Morgan fingerprint density at radius 1 is 1.14 bits per heavy atom. The Morgan fingerprint density at radius 2 is 1.83 bits per heavy atom. The molecule has 0 radical (unpaired) electrons. The lowest BCUT2D eigenvalue weighted by Crippen LogP contribution is -2.45. The second-order valence-corrected chi connectivity index (χ2v) is 10.2. The second-order valence-electron chi connectivity index (χ2n) is 10.2. The first-order valence-electron chi connectivity index (χ1n) is 12.7. The molecule has 3 rings (SSSR count). The highest BCUT2D eigenvalue weighted by molar-refractivity contribution is 5.95. The van der Waals surface area contributed by atoms with Crippen molar-refractivity contribution >= 4 is 5.91 Å². The summed E-state index contributed by atoms with van der Waals surface area (Å²) in [5.74, 6) is 1.14. The second kappa shape index (κ2) is 12.5. The maximum absolute atomic E-state index is 13.1. The number of carbonyl (C=O) groups excluding carboxylic acids is 1. The summed E-state index contributed by atoms with van der Waals surface area (Å²) in [4.78, 5) is 38.9. The molecule has 198 valence electrons. The zero-order valence-corrected chi connectivity index (χ0v) is 21.6. The highest BCUT2D eigenvalue weighted by atomic mass is 16.5. The Morgan fingerprint density at radius 3 is 2.44 bits per heavy atom. The molecule has 2 N–H and O–H groups in total. The van der Waals surface area contributed by atoms with E-state index in [4.69, 9.17) is 9.47 Å². The van der Waals surface area contributed by atoms with E-state index in [1.54, 1.807) is 12.1 Å². The fourth-order valence-corrected chi connectivity index (χ4v) is 4.35. The van der Waals surface area contributed by atoms with Crippen LogP contribution in [0.2, 0.25) is 0 Å². The number of aromatic nitrogens is 2. The Hall–Kier alpha value is -2.75. The summed E-state index contributed by atoms with van der Waals surface area (Å²) in [7, 11) is 0. The third-order valence-electron chi connectivity index (χ3n) is 6.64. The van der Waals surface area contributed by atoms with Gasteiger partial charge < -0.3 is 19.7 Å². The average Bonchev–Trinajstić information content (AvgIpc) is 3.22. The molecule has 1 aromatic carbocycles. The zero-order chi connectivity index (χ0) is 26.4. The van der Waals surface area contributed by atoms with E-state index in [1.165, 1.54) is 44.5 Å². The maximum atomic E-state index is 13.1. The molecular weight excluding hydrogens is 464 g/mol. The number of rotatable bonds is 11. The molecule has 0 amide bonds. The first-order chi connectivity index (χ1) is 17.1. The number of ether oxygens (including phenoxy) is 2. The summed E-state index contributed by atoms with van der Waals surface area (Å²) in [6.07, 6.45) is 3.22. The molecule has 1 saturated heterocycles. The van der Waals surface area contributed by atoms with Crippen LogP contribution in [0.3, 0.4) is 0 Å². The molecule has 9 heteroatoms. The van der Waals surface area contributed by atoms with Gasteiger partial charge in [-0.1, -0.05) is 40.0 Å². The Labute approximate surface area is 211 Å². The molecule has 0 spiro atoms. The molecular formula is C27H38N2O7. The lowest BCUT2D eigenvalue weighted by Gasteiger charge is -2.17. The van der Waals surface area contributed by atoms with Gasteiger partial charge in [0.05, 0.1) is 19.3 Å². The summed E-state index contributed by atoms with van der Waals surface area (Å²) < 4.78 is 13.1. The summed E-state index contributed by atoms with van der Waals surface area (Å²) in [5.41, 5.74) is -1.24. The van der Waals surface area contributed by atoms with Gasteiger partial charge in [-0.25, -0.2) is 4.79 Å². The van der Waals surface area contributed by atoms with Gasteiger partial charge in [0.15, 0.2) is 0 Å². The number of hydrogen-bond acceptors (Lipinski definition) is 7. The minimum absolute atomic E-state index is 0.0549. The van der Waals surface area contributed by atoms with Crippen LogP contribution >= 0.6 is 0 Å². The fourth-order valence-electron chi connectivity index (χ4n) is 4.35. The zero-order valence-electron chi connectivity index (χ0n) is 21.6. The van der Waals surface area contributed by atoms with E-state index in [9.17, 15) is 24.6 Å². The van der Waals surface area contributed by atoms with E-state index in [1.807, 2.05) is 0 Å². The van der Waals surface area contributed by atoms with Gasteiger partial charge >= 0.3 is 5.69 Å². The van der Waals surface area contributed by atoms with E-state index < -0.39 is 42.2 Å². The smallest absolute Gasteiger partial charge is 0.340 e. The number of hydrogen-bond donors (Lipinski definition) is 2. The van der Waals surface area contributed by atoms with Crippen molar-refractivity contribution in [3.05, 3.63) is 62.4 Å². The number of carbonyl (C=O) groups is 1. The number of nitrogens with zero attached hydrogens (tertiary/aromatic N) is 2. The molecule has 1 fully saturated rings. The fraction of sp³-hybridized carbons (Fsp3) is 0.593. The number of aryl methyl sites for hydroxylation is 1. The summed E-state index contributed by atoms with van der Waals surface area (Å²) in [6.45, 7) is 8.35. The monoisotopic (exact) mass is 502 g/mol. The molecule has 3 unspecified atom stereocenters. The highest BCUT2D eigenvalue weighted by Crippen LogP contribution is 2.27. The van der Waals surface area contributed by atoms with Crippen molar-refractivity contribution in [2.45, 2.75) is 78.2 Å². The van der Waals surface area contributed by atoms with Gasteiger partial charge in [-0.2, -0.15) is 4.57 Å². The van der Waals surface area contributed by atoms with Gasteiger partial charge in [-0.3, -0.25) is 14.2 Å². The molecule has 1 aliphatic rings. The normalized spacial score (nSPS) is 20.6. The van der Waals surface area contributed by atoms with Crippen molar-refractivity contribution in [2.24, 2.45) is 11.8 Å². The van der Waals surface area contributed by atoms with Crippen molar-refractivity contribution < 1.29 is 24.5 Å². The van der Waals surface area contributed by atoms with Crippen molar-refractivity contribution in [1.82, 2.24) is 9.13 Å². The first-order valence-corrected chi connectivity index (χ1v) is 12.7. The quantitative estimate of drug-likeness (QED) is 0.485. The van der Waals surface area contributed by atoms with Crippen molar-refractivity contribution in [1.29, 1.82) is 0 Å². The van der Waals surface area contributed by atoms with Gasteiger partial charge in [-0.05, 0) is 49.4 Å². The molecule has 36 heavy (non-hydrogen) atoms. The Balaban J connectivity index is 1.68. The van der Waals surface area contributed by atoms with E-state index in [0.29, 0.717) is 22.8 Å². The molecule has 4 atom stereocenters. The maximum Gasteiger partial charge on any atom is 0.340 e. The van der Waals surface area contributed by atoms with Crippen LogP contribution in [0.1, 0.15) is 75.0 Å². The lowest BCUT2D eigenvalue weighted by atomic mass is 9.98. The van der Waals surface area contributed by atoms with Crippen LogP contribution in [0, 0.1) is 18.8 Å². The predicted molar refractivity (Wildman–Crippen MR) is 135 cm³/mol. The van der Waals surface area contributed by atoms with Gasteiger partial charge in [0, 0.05) is 23.7 Å². The average molecular weight is 503 g/mol. The van der Waals surface area contributed by atoms with Crippen LogP contribution in [0.5, 0.6) is 5.75 Å². The lowest BCUT2D eigenvalue weighted by molar-refractivity contribution is -0.0462. The molecule has 0 bridgehead atoms. The predicted octanol–water partition coefficient (Wildman–Crippen LogP) is 2.88. The van der Waals surface area contributed by atoms with E-state index in [0.717, 1.165) is 16.9 Å². The van der Waals surface area contributed by atoms with E-state index in [2.05, 4.69) is 20.8 Å². The van der Waals surface area contributed by atoms with Crippen LogP contribution in [-0.4, -0.2) is 50.7 Å². The molecule has 2 aromatic rings. The summed E-state index contributed by atoms with van der Waals surface area (Å²) in [5, 5.41) is 19.3. The van der Waals surface area contributed by atoms with Gasteiger partial charge in [-0.15, -0.1) is 0 Å². The minimum Gasteiger partial charge on any atom is -0.494 e. The van der Waals surface area contributed by atoms with Crippen LogP contribution in [0.4, 0.5) is 0 Å². The van der Waals surface area contributed by atoms with Crippen LogP contribution in [-0.2, 0) is 4.74 Å². The number of aliphatic hydroxyl groups is 2. The minimum atomic E-state index is -0.959. The standard InChI is InChI=1S/C27H38N2O7/c1-17(2)6-5-7-18(3)12-13-35-21-10-8-20(9-11-21)26(33)29-25(32)19(4)15-28(27(29)34)24-14-22(31)23(16-30)36-24/h8-11,15,17-18,22-24,30-31H,5-7,12-14,16H2,1-4H3/t18?,22-,23?,24?/m1/s1. The largest absolute Gasteiger partial charge is 0.494 e. The Bertz CT molecular complexity index is 1140. The van der Waals surface area contributed by atoms with Crippen LogP contribution < -0.4 is 16.0 Å². The number of benzene rings is 1. The SMILES string of the molecule is Cc1cn(C2C[C@@H](O)C(CO)O2)c(=O)n(C(=O)c2ccc(OCCC(C)CCCC(C)C)cc2)c1=O. The van der Waals surface area contributed by atoms with E-state index in [-0.39, 0.29) is 17.5 Å². The van der Waals surface area contributed by atoms with Gasteiger partial charge in [0.25, 0.3) is 11.5 Å². The molecule has 1 aromatic heterocycles. The van der Waals surface area contributed by atoms with Gasteiger partial charge in [0.2, 0.25) is 0 Å². The van der Waals surface area contributed by atoms with E-state index >= 15 is 0 Å². The van der Waals surface area contributed by atoms with Crippen molar-refractivity contribution in [2.75, 3.05) is 13.2 Å². The third kappa shape index (κ3) is 6.72. The molecule has 9 nitrogen and oxygen atoms in total. The molecule has 2 heterocycles. The molecule has 0 aliphatic carbocycles. The topological polar surface area (TPSA) is 120 Å². The number of aliphatic hydroxyl groups excluding tert-OH is 2. The first kappa shape index (κ1) is 27.8. The van der Waals surface area contributed by atoms with Crippen LogP contribution in [0.25, 0.3) is 0 Å². The summed E-state index contributed by atoms with van der Waals surface area (Å²) in [6, 6.07) is 6.36. The summed E-state index contributed by atoms with van der Waals surface area (Å²) >= 11 is 0. The molecule has 0 saturated carbocycles. The van der Waals surface area contributed by atoms with Crippen molar-refractivity contribution in [3.63, 3.8) is 0 Å². The van der Waals surface area contributed by atoms with Gasteiger partial charge in [0.1, 0.15) is 18.1 Å². The Kier molecular flexibility index (Phi) is 9.64. The van der Waals surface area contributed by atoms with Crippen molar-refractivity contribution in [3.8, 4) is 5.75 Å². The highest BCUT2D eigenvalue weighted by Gasteiger charge is 2.35. The third-order valence-corrected chi connectivity index (χ3v) is 6.64. The van der Waals surface area contributed by atoms with Crippen LogP contribution in [0.15, 0.2) is 40.1 Å².